The molecule has 6 heterocycles. The van der Waals surface area contributed by atoms with Crippen LogP contribution in [0.1, 0.15) is 37.4 Å². The van der Waals surface area contributed by atoms with Crippen LogP contribution in [-0.4, -0.2) is 104 Å². The van der Waals surface area contributed by atoms with Crippen LogP contribution >= 0.6 is 0 Å². The highest BCUT2D eigenvalue weighted by Gasteiger charge is 2.34. The molecule has 1 aromatic carbocycles. The molecule has 1 N–H and O–H groups in total. The van der Waals surface area contributed by atoms with Gasteiger partial charge < -0.3 is 9.64 Å². The third-order valence-corrected chi connectivity index (χ3v) is 9.18. The van der Waals surface area contributed by atoms with E-state index in [2.05, 4.69) is 43.4 Å². The number of ether oxygens (including phenoxy) is 1. The van der Waals surface area contributed by atoms with Gasteiger partial charge >= 0.3 is 0 Å². The largest absolute Gasteiger partial charge is 0.377 e. The molecular formula is C34H39N9O3. The number of hydrogen-bond acceptors (Lipinski definition) is 8. The Morgan fingerprint density at radius 3 is 2.61 bits per heavy atom. The molecule has 0 radical (unpaired) electrons. The molecule has 4 aromatic rings. The normalized spacial score (nSPS) is 18.9. The lowest BCUT2D eigenvalue weighted by Gasteiger charge is -2.29. The lowest BCUT2D eigenvalue weighted by atomic mass is 9.98. The molecule has 3 aliphatic heterocycles. The number of benzene rings is 1. The zero-order valence-corrected chi connectivity index (χ0v) is 26.4. The van der Waals surface area contributed by atoms with Crippen LogP contribution in [0.15, 0.2) is 54.9 Å². The Morgan fingerprint density at radius 2 is 1.89 bits per heavy atom. The number of pyridine rings is 1. The average Bonchev–Trinajstić information content (AvgIpc) is 3.86. The molecule has 2 amide bonds. The summed E-state index contributed by atoms with van der Waals surface area (Å²) < 4.78 is 7.15. The number of nitrogens with one attached hydrogen (secondary N) is 1. The molecule has 0 unspecified atom stereocenters. The van der Waals surface area contributed by atoms with Crippen LogP contribution in [0, 0.1) is 5.92 Å². The second-order valence-corrected chi connectivity index (χ2v) is 12.1. The maximum atomic E-state index is 13.7. The minimum Gasteiger partial charge on any atom is -0.377 e. The number of carbonyl (C=O) groups is 2. The number of rotatable bonds is 8. The summed E-state index contributed by atoms with van der Waals surface area (Å²) in [5, 5.41) is 12.0. The van der Waals surface area contributed by atoms with Gasteiger partial charge in [-0.3, -0.25) is 29.2 Å². The number of likely N-dealkylation sites (tertiary alicyclic amines) is 1. The van der Waals surface area contributed by atoms with Crippen molar-refractivity contribution in [2.24, 2.45) is 13.0 Å². The molecule has 1 fully saturated rings. The molecule has 0 bridgehead atoms. The van der Waals surface area contributed by atoms with Crippen LogP contribution in [0.5, 0.6) is 0 Å². The fourth-order valence-electron chi connectivity index (χ4n) is 6.59. The smallest absolute Gasteiger partial charge is 0.237 e. The van der Waals surface area contributed by atoms with Crippen LogP contribution in [0.2, 0.25) is 0 Å². The van der Waals surface area contributed by atoms with Crippen molar-refractivity contribution in [3.8, 4) is 11.4 Å². The second-order valence-electron chi connectivity index (χ2n) is 12.1. The summed E-state index contributed by atoms with van der Waals surface area (Å²) in [5.74, 6) is 1.32. The van der Waals surface area contributed by atoms with Gasteiger partial charge in [0, 0.05) is 38.8 Å². The standard InChI is InChI=1S/C34H39N9O3/c1-3-43(29-9-8-28-32(36-29)31(38-37-28)25-13-18-46-19-14-25)34(45)27-10-15-41(20-27)21-30(44)42-16-11-24(12-17-42)23-4-6-26(7-5-23)33-35-22-40(2)39-33/h4-9,11,13,22,27H,3,10,12,14-21H2,1-2H3,(H,37,38)/t27-/m1/s1. The predicted molar refractivity (Wildman–Crippen MR) is 175 cm³/mol. The van der Waals surface area contributed by atoms with Gasteiger partial charge in [0.05, 0.1) is 31.2 Å². The maximum Gasteiger partial charge on any atom is 0.237 e. The van der Waals surface area contributed by atoms with Crippen molar-refractivity contribution in [1.29, 1.82) is 0 Å². The fraction of sp³-hybridized carbons (Fsp3) is 0.412. The van der Waals surface area contributed by atoms with E-state index in [0.29, 0.717) is 57.6 Å². The molecule has 3 aromatic heterocycles. The van der Waals surface area contributed by atoms with Crippen molar-refractivity contribution < 1.29 is 14.3 Å². The number of carbonyl (C=O) groups excluding carboxylic acids is 2. The first kappa shape index (κ1) is 30.0. The number of nitrogens with zero attached hydrogens (tertiary/aromatic N) is 8. The number of hydrogen-bond donors (Lipinski definition) is 1. The SMILES string of the molecule is CCN(C(=O)[C@@H]1CCN(CC(=O)N2CC=C(c3ccc(-c4ncn(C)n4)cc3)CC2)C1)c1ccc2[nH]nc(C3=CCOCC3)c2n1. The summed E-state index contributed by atoms with van der Waals surface area (Å²) in [6, 6.07) is 12.1. The predicted octanol–water partition coefficient (Wildman–Crippen LogP) is 3.55. The van der Waals surface area contributed by atoms with Crippen molar-refractivity contribution in [3.63, 3.8) is 0 Å². The van der Waals surface area contributed by atoms with E-state index in [0.717, 1.165) is 59.2 Å². The summed E-state index contributed by atoms with van der Waals surface area (Å²) in [6.45, 7) is 6.61. The molecule has 1 saturated heterocycles. The van der Waals surface area contributed by atoms with Gasteiger partial charge in [0.25, 0.3) is 0 Å². The Hall–Kier alpha value is -4.68. The van der Waals surface area contributed by atoms with Crippen molar-refractivity contribution in [1.82, 2.24) is 39.7 Å². The van der Waals surface area contributed by atoms with E-state index in [1.165, 1.54) is 5.57 Å². The summed E-state index contributed by atoms with van der Waals surface area (Å²) in [7, 11) is 1.86. The van der Waals surface area contributed by atoms with Gasteiger partial charge in [0.15, 0.2) is 5.82 Å². The van der Waals surface area contributed by atoms with Crippen molar-refractivity contribution in [2.75, 3.05) is 57.4 Å². The average molecular weight is 622 g/mol. The Balaban J connectivity index is 0.947. The number of aryl methyl sites for hydroxylation is 1. The molecule has 3 aliphatic rings. The van der Waals surface area contributed by atoms with Crippen LogP contribution < -0.4 is 4.90 Å². The van der Waals surface area contributed by atoms with Crippen molar-refractivity contribution in [2.45, 2.75) is 26.2 Å². The zero-order chi connectivity index (χ0) is 31.6. The Morgan fingerprint density at radius 1 is 1.04 bits per heavy atom. The van der Waals surface area contributed by atoms with Crippen LogP contribution in [-0.2, 0) is 21.4 Å². The number of aromatic amines is 1. The summed E-state index contributed by atoms with van der Waals surface area (Å²) in [6.07, 6.45) is 8.21. The topological polar surface area (TPSA) is 125 Å². The van der Waals surface area contributed by atoms with E-state index in [9.17, 15) is 9.59 Å². The fourth-order valence-corrected chi connectivity index (χ4v) is 6.59. The molecule has 0 spiro atoms. The summed E-state index contributed by atoms with van der Waals surface area (Å²) >= 11 is 0. The van der Waals surface area contributed by atoms with Gasteiger partial charge in [0.1, 0.15) is 23.4 Å². The monoisotopic (exact) mass is 621 g/mol. The van der Waals surface area contributed by atoms with E-state index in [1.807, 2.05) is 49.2 Å². The molecule has 12 nitrogen and oxygen atoms in total. The van der Waals surface area contributed by atoms with Crippen LogP contribution in [0.3, 0.4) is 0 Å². The zero-order valence-electron chi connectivity index (χ0n) is 26.4. The van der Waals surface area contributed by atoms with E-state index in [1.54, 1.807) is 15.9 Å². The highest BCUT2D eigenvalue weighted by molar-refractivity contribution is 5.96. The number of fused-ring (bicyclic) bond motifs is 1. The van der Waals surface area contributed by atoms with E-state index < -0.39 is 0 Å². The lowest BCUT2D eigenvalue weighted by Crippen LogP contribution is -2.42. The van der Waals surface area contributed by atoms with E-state index >= 15 is 0 Å². The molecule has 46 heavy (non-hydrogen) atoms. The van der Waals surface area contributed by atoms with Crippen LogP contribution in [0.4, 0.5) is 5.82 Å². The first-order chi connectivity index (χ1) is 22.5. The Kier molecular flexibility index (Phi) is 8.46. The highest BCUT2D eigenvalue weighted by atomic mass is 16.5. The minimum atomic E-state index is -0.176. The van der Waals surface area contributed by atoms with Crippen molar-refractivity contribution >= 4 is 39.8 Å². The number of anilines is 1. The van der Waals surface area contributed by atoms with Gasteiger partial charge in [-0.1, -0.05) is 36.4 Å². The van der Waals surface area contributed by atoms with Gasteiger partial charge in [-0.2, -0.15) is 10.2 Å². The number of aromatic nitrogens is 6. The second kappa shape index (κ2) is 13.0. The first-order valence-corrected chi connectivity index (χ1v) is 16.1. The quantitative estimate of drug-likeness (QED) is 0.317. The Labute approximate surface area is 267 Å². The third-order valence-electron chi connectivity index (χ3n) is 9.18. The Bertz CT molecular complexity index is 1810. The number of H-pyrrole nitrogens is 1. The minimum absolute atomic E-state index is 0.0509. The molecular weight excluding hydrogens is 582 g/mol. The maximum absolute atomic E-state index is 13.7. The van der Waals surface area contributed by atoms with Crippen LogP contribution in [0.25, 0.3) is 33.6 Å². The molecule has 1 atom stereocenters. The van der Waals surface area contributed by atoms with Gasteiger partial charge in [-0.15, -0.1) is 0 Å². The van der Waals surface area contributed by atoms with E-state index in [4.69, 9.17) is 9.72 Å². The number of amides is 2. The first-order valence-electron chi connectivity index (χ1n) is 16.1. The van der Waals surface area contributed by atoms with Gasteiger partial charge in [-0.25, -0.2) is 9.97 Å². The van der Waals surface area contributed by atoms with Crippen molar-refractivity contribution in [3.05, 3.63) is 66.1 Å². The summed E-state index contributed by atoms with van der Waals surface area (Å²) in [5.41, 5.74) is 6.94. The third kappa shape index (κ3) is 6.10. The van der Waals surface area contributed by atoms with Gasteiger partial charge in [-0.05, 0) is 61.6 Å². The highest BCUT2D eigenvalue weighted by Crippen LogP contribution is 2.29. The lowest BCUT2D eigenvalue weighted by molar-refractivity contribution is -0.132. The van der Waals surface area contributed by atoms with Gasteiger partial charge in [0.2, 0.25) is 11.8 Å². The molecule has 238 valence electrons. The molecule has 7 rings (SSSR count). The van der Waals surface area contributed by atoms with E-state index in [-0.39, 0.29) is 17.7 Å². The molecule has 12 heteroatoms. The summed E-state index contributed by atoms with van der Waals surface area (Å²) in [4.78, 5) is 42.0. The molecule has 0 saturated carbocycles. The molecule has 0 aliphatic carbocycles.